The molecule has 0 bridgehead atoms. The van der Waals surface area contributed by atoms with Gasteiger partial charge in [0.1, 0.15) is 5.76 Å². The molecule has 0 amide bonds. The highest BCUT2D eigenvalue weighted by molar-refractivity contribution is 5.22. The molecular weight excluding hydrogens is 260 g/mol. The van der Waals surface area contributed by atoms with E-state index < -0.39 is 0 Å². The van der Waals surface area contributed by atoms with Gasteiger partial charge in [-0.15, -0.1) is 0 Å². The number of hydrogen-bond donors (Lipinski definition) is 1. The second kappa shape index (κ2) is 8.01. The number of nitrogens with zero attached hydrogens (tertiary/aromatic N) is 1. The number of benzene rings is 1. The fourth-order valence-corrected chi connectivity index (χ4v) is 2.46. The summed E-state index contributed by atoms with van der Waals surface area (Å²) in [6.07, 6.45) is 3.02. The van der Waals surface area contributed by atoms with Crippen molar-refractivity contribution in [2.75, 3.05) is 13.6 Å². The van der Waals surface area contributed by atoms with Crippen LogP contribution in [0, 0.1) is 6.92 Å². The summed E-state index contributed by atoms with van der Waals surface area (Å²) in [5.41, 5.74) is 3.87. The van der Waals surface area contributed by atoms with Crippen LogP contribution in [0.3, 0.4) is 0 Å². The van der Waals surface area contributed by atoms with Crippen molar-refractivity contribution in [3.05, 3.63) is 59.0 Å². The van der Waals surface area contributed by atoms with Gasteiger partial charge < -0.3 is 9.73 Å². The lowest BCUT2D eigenvalue weighted by Crippen LogP contribution is -2.17. The monoisotopic (exact) mass is 286 g/mol. The highest BCUT2D eigenvalue weighted by Crippen LogP contribution is 2.12. The zero-order valence-electron chi connectivity index (χ0n) is 13.4. The molecule has 2 aromatic rings. The van der Waals surface area contributed by atoms with Crippen LogP contribution in [0.15, 0.2) is 41.0 Å². The molecule has 0 atom stereocenters. The summed E-state index contributed by atoms with van der Waals surface area (Å²) in [6, 6.07) is 10.8. The SMILES string of the molecule is CCCNCc1coc(CN(C)Cc2cccc(C)c2)c1. The molecule has 2 rings (SSSR count). The first-order chi connectivity index (χ1) is 10.2. The van der Waals surface area contributed by atoms with Crippen LogP contribution in [0.25, 0.3) is 0 Å². The molecule has 0 radical (unpaired) electrons. The Morgan fingerprint density at radius 3 is 2.76 bits per heavy atom. The van der Waals surface area contributed by atoms with E-state index in [1.54, 1.807) is 0 Å². The van der Waals surface area contributed by atoms with Crippen molar-refractivity contribution < 1.29 is 4.42 Å². The molecule has 3 heteroatoms. The van der Waals surface area contributed by atoms with Crippen LogP contribution in [0.2, 0.25) is 0 Å². The number of furan rings is 1. The Morgan fingerprint density at radius 1 is 1.14 bits per heavy atom. The van der Waals surface area contributed by atoms with E-state index in [1.807, 2.05) is 6.26 Å². The third-order valence-corrected chi connectivity index (χ3v) is 3.42. The van der Waals surface area contributed by atoms with Gasteiger partial charge in [0, 0.05) is 18.7 Å². The Labute approximate surface area is 128 Å². The van der Waals surface area contributed by atoms with Crippen molar-refractivity contribution in [2.24, 2.45) is 0 Å². The second-order valence-electron chi connectivity index (χ2n) is 5.76. The van der Waals surface area contributed by atoms with Gasteiger partial charge in [0.15, 0.2) is 0 Å². The average molecular weight is 286 g/mol. The van der Waals surface area contributed by atoms with Crippen molar-refractivity contribution in [3.63, 3.8) is 0 Å². The topological polar surface area (TPSA) is 28.4 Å². The molecule has 0 fully saturated rings. The van der Waals surface area contributed by atoms with Crippen molar-refractivity contribution >= 4 is 0 Å². The molecule has 21 heavy (non-hydrogen) atoms. The standard InChI is InChI=1S/C18H26N2O/c1-4-8-19-11-17-10-18(21-14-17)13-20(3)12-16-7-5-6-15(2)9-16/h5-7,9-10,14,19H,4,8,11-13H2,1-3H3. The Hall–Kier alpha value is -1.58. The number of nitrogens with one attached hydrogen (secondary N) is 1. The van der Waals surface area contributed by atoms with E-state index in [4.69, 9.17) is 4.42 Å². The van der Waals surface area contributed by atoms with Gasteiger partial charge in [0.25, 0.3) is 0 Å². The third kappa shape index (κ3) is 5.37. The van der Waals surface area contributed by atoms with Gasteiger partial charge in [-0.3, -0.25) is 4.90 Å². The van der Waals surface area contributed by atoms with Gasteiger partial charge in [-0.25, -0.2) is 0 Å². The summed E-state index contributed by atoms with van der Waals surface area (Å²) in [4.78, 5) is 2.27. The van der Waals surface area contributed by atoms with Crippen molar-refractivity contribution in [2.45, 2.75) is 39.9 Å². The first-order valence-electron chi connectivity index (χ1n) is 7.68. The summed E-state index contributed by atoms with van der Waals surface area (Å²) in [5, 5.41) is 3.39. The molecule has 0 spiro atoms. The van der Waals surface area contributed by atoms with Crippen molar-refractivity contribution in [3.8, 4) is 0 Å². The lowest BCUT2D eigenvalue weighted by atomic mass is 10.1. The van der Waals surface area contributed by atoms with Gasteiger partial charge in [-0.2, -0.15) is 0 Å². The number of aryl methyl sites for hydroxylation is 1. The molecule has 3 nitrogen and oxygen atoms in total. The smallest absolute Gasteiger partial charge is 0.118 e. The summed E-state index contributed by atoms with van der Waals surface area (Å²) in [7, 11) is 2.12. The normalized spacial score (nSPS) is 11.2. The number of rotatable bonds is 8. The van der Waals surface area contributed by atoms with E-state index >= 15 is 0 Å². The zero-order chi connectivity index (χ0) is 15.1. The summed E-state index contributed by atoms with van der Waals surface area (Å²) >= 11 is 0. The minimum Gasteiger partial charge on any atom is -0.468 e. The Bertz CT molecular complexity index is 548. The maximum atomic E-state index is 5.65. The van der Waals surface area contributed by atoms with E-state index in [2.05, 4.69) is 61.4 Å². The van der Waals surface area contributed by atoms with E-state index in [-0.39, 0.29) is 0 Å². The summed E-state index contributed by atoms with van der Waals surface area (Å²) in [5.74, 6) is 1.03. The molecule has 0 unspecified atom stereocenters. The van der Waals surface area contributed by atoms with Crippen LogP contribution in [0.5, 0.6) is 0 Å². The van der Waals surface area contributed by atoms with E-state index in [0.717, 1.165) is 38.4 Å². The average Bonchev–Trinajstić information content (AvgIpc) is 2.86. The van der Waals surface area contributed by atoms with E-state index in [9.17, 15) is 0 Å². The fraction of sp³-hybridized carbons (Fsp3) is 0.444. The minimum absolute atomic E-state index is 0.835. The fourth-order valence-electron chi connectivity index (χ4n) is 2.46. The first kappa shape index (κ1) is 15.8. The van der Waals surface area contributed by atoms with Gasteiger partial charge in [-0.1, -0.05) is 36.8 Å². The zero-order valence-corrected chi connectivity index (χ0v) is 13.4. The van der Waals surface area contributed by atoms with Gasteiger partial charge in [-0.05, 0) is 38.6 Å². The molecule has 0 saturated heterocycles. The predicted molar refractivity (Wildman–Crippen MR) is 87.1 cm³/mol. The molecule has 0 aliphatic rings. The molecule has 0 aliphatic carbocycles. The molecule has 1 heterocycles. The van der Waals surface area contributed by atoms with Crippen LogP contribution in [-0.2, 0) is 19.6 Å². The first-order valence-corrected chi connectivity index (χ1v) is 7.68. The van der Waals surface area contributed by atoms with Crippen LogP contribution in [0.4, 0.5) is 0 Å². The maximum absolute atomic E-state index is 5.65. The Balaban J connectivity index is 1.83. The second-order valence-corrected chi connectivity index (χ2v) is 5.76. The van der Waals surface area contributed by atoms with Crippen LogP contribution >= 0.6 is 0 Å². The largest absolute Gasteiger partial charge is 0.468 e. The lowest BCUT2D eigenvalue weighted by Gasteiger charge is -2.15. The molecule has 0 aliphatic heterocycles. The van der Waals surface area contributed by atoms with Crippen LogP contribution in [0.1, 0.15) is 35.8 Å². The minimum atomic E-state index is 0.835. The molecular formula is C18H26N2O. The highest BCUT2D eigenvalue weighted by atomic mass is 16.3. The van der Waals surface area contributed by atoms with Crippen LogP contribution in [-0.4, -0.2) is 18.5 Å². The van der Waals surface area contributed by atoms with Gasteiger partial charge in [0.2, 0.25) is 0 Å². The highest BCUT2D eigenvalue weighted by Gasteiger charge is 2.06. The molecule has 1 aromatic heterocycles. The van der Waals surface area contributed by atoms with Crippen molar-refractivity contribution in [1.82, 2.24) is 10.2 Å². The Morgan fingerprint density at radius 2 is 2.00 bits per heavy atom. The number of hydrogen-bond acceptors (Lipinski definition) is 3. The third-order valence-electron chi connectivity index (χ3n) is 3.42. The van der Waals surface area contributed by atoms with Gasteiger partial charge in [0.05, 0.1) is 12.8 Å². The van der Waals surface area contributed by atoms with E-state index in [0.29, 0.717) is 0 Å². The Kier molecular flexibility index (Phi) is 6.03. The van der Waals surface area contributed by atoms with Crippen LogP contribution < -0.4 is 5.32 Å². The molecule has 0 saturated carbocycles. The summed E-state index contributed by atoms with van der Waals surface area (Å²) in [6.45, 7) is 8.01. The summed E-state index contributed by atoms with van der Waals surface area (Å²) < 4.78 is 5.65. The molecule has 1 N–H and O–H groups in total. The maximum Gasteiger partial charge on any atom is 0.118 e. The molecule has 114 valence electrons. The van der Waals surface area contributed by atoms with E-state index in [1.165, 1.54) is 16.7 Å². The van der Waals surface area contributed by atoms with Gasteiger partial charge >= 0.3 is 0 Å². The van der Waals surface area contributed by atoms with Crippen molar-refractivity contribution in [1.29, 1.82) is 0 Å². The lowest BCUT2D eigenvalue weighted by molar-refractivity contribution is 0.288. The molecule has 1 aromatic carbocycles. The quantitative estimate of drug-likeness (QED) is 0.750. The predicted octanol–water partition coefficient (Wildman–Crippen LogP) is 3.72.